The first-order valence-electron chi connectivity index (χ1n) is 7.11. The average Bonchev–Trinajstić information content (AvgIpc) is 3.01. The molecule has 3 rings (SSSR count). The van der Waals surface area contributed by atoms with Crippen molar-refractivity contribution in [3.8, 4) is 22.9 Å². The third kappa shape index (κ3) is 2.31. The number of nitriles is 1. The SMILES string of the molecule is COC(=O)c1ccc(-c2cc(C#N)cc3c2CCC3)cc1O. The van der Waals surface area contributed by atoms with E-state index in [4.69, 9.17) is 0 Å². The van der Waals surface area contributed by atoms with Gasteiger partial charge in [-0.15, -0.1) is 0 Å². The van der Waals surface area contributed by atoms with E-state index >= 15 is 0 Å². The topological polar surface area (TPSA) is 70.3 Å². The first kappa shape index (κ1) is 14.2. The number of carbonyl (C=O) groups is 1. The first-order valence-corrected chi connectivity index (χ1v) is 7.11. The number of fused-ring (bicyclic) bond motifs is 1. The number of rotatable bonds is 2. The van der Waals surface area contributed by atoms with E-state index in [0.717, 1.165) is 30.4 Å². The second-order valence-electron chi connectivity index (χ2n) is 5.35. The summed E-state index contributed by atoms with van der Waals surface area (Å²) in [5.41, 5.74) is 4.94. The molecule has 0 aliphatic heterocycles. The van der Waals surface area contributed by atoms with Gasteiger partial charge >= 0.3 is 5.97 Å². The van der Waals surface area contributed by atoms with Crippen molar-refractivity contribution in [1.82, 2.24) is 0 Å². The number of methoxy groups -OCH3 is 1. The molecule has 0 fully saturated rings. The molecule has 0 amide bonds. The van der Waals surface area contributed by atoms with Crippen LogP contribution in [0, 0.1) is 11.3 Å². The maximum atomic E-state index is 11.5. The Morgan fingerprint density at radius 3 is 2.77 bits per heavy atom. The third-order valence-electron chi connectivity index (χ3n) is 4.06. The van der Waals surface area contributed by atoms with Crippen LogP contribution in [-0.2, 0) is 17.6 Å². The van der Waals surface area contributed by atoms with Crippen LogP contribution in [0.15, 0.2) is 30.3 Å². The molecule has 0 saturated heterocycles. The fourth-order valence-corrected chi connectivity index (χ4v) is 3.01. The van der Waals surface area contributed by atoms with Crippen molar-refractivity contribution in [2.24, 2.45) is 0 Å². The normalized spacial score (nSPS) is 12.5. The van der Waals surface area contributed by atoms with E-state index in [1.54, 1.807) is 18.2 Å². The summed E-state index contributed by atoms with van der Waals surface area (Å²) in [6.07, 6.45) is 3.02. The van der Waals surface area contributed by atoms with Crippen LogP contribution >= 0.6 is 0 Å². The smallest absolute Gasteiger partial charge is 0.341 e. The zero-order valence-corrected chi connectivity index (χ0v) is 12.2. The zero-order chi connectivity index (χ0) is 15.7. The molecule has 1 aliphatic rings. The summed E-state index contributed by atoms with van der Waals surface area (Å²) in [5.74, 6) is -0.682. The number of benzene rings is 2. The molecular weight excluding hydrogens is 278 g/mol. The Hall–Kier alpha value is -2.80. The number of hydrogen-bond acceptors (Lipinski definition) is 4. The minimum atomic E-state index is -0.569. The molecule has 110 valence electrons. The number of carbonyl (C=O) groups excluding carboxylic acids is 1. The zero-order valence-electron chi connectivity index (χ0n) is 12.2. The quantitative estimate of drug-likeness (QED) is 0.863. The molecule has 2 aromatic carbocycles. The standard InChI is InChI=1S/C18H15NO3/c1-22-18(21)15-6-5-13(9-17(15)20)16-8-11(10-19)7-12-3-2-4-14(12)16/h5-9,20H,2-4H2,1H3. The molecule has 2 aromatic rings. The van der Waals surface area contributed by atoms with Crippen LogP contribution in [0.4, 0.5) is 0 Å². The highest BCUT2D eigenvalue weighted by atomic mass is 16.5. The Labute approximate surface area is 128 Å². The summed E-state index contributed by atoms with van der Waals surface area (Å²) in [4.78, 5) is 11.5. The van der Waals surface area contributed by atoms with E-state index in [1.165, 1.54) is 18.2 Å². The minimum absolute atomic E-state index is 0.113. The number of nitrogens with zero attached hydrogens (tertiary/aromatic N) is 1. The Kier molecular flexibility index (Phi) is 3.56. The molecule has 0 bridgehead atoms. The molecular formula is C18H15NO3. The van der Waals surface area contributed by atoms with Gasteiger partial charge in [0.1, 0.15) is 11.3 Å². The molecule has 0 saturated carbocycles. The summed E-state index contributed by atoms with van der Waals surface area (Å²) in [7, 11) is 1.28. The van der Waals surface area contributed by atoms with Crippen molar-refractivity contribution in [3.05, 3.63) is 52.6 Å². The predicted octanol–water partition coefficient (Wildman–Crippen LogP) is 3.21. The number of aryl methyl sites for hydroxylation is 1. The molecule has 1 aliphatic carbocycles. The lowest BCUT2D eigenvalue weighted by Crippen LogP contribution is -2.01. The van der Waals surface area contributed by atoms with Gasteiger partial charge in [-0.2, -0.15) is 5.26 Å². The van der Waals surface area contributed by atoms with Gasteiger partial charge in [0, 0.05) is 0 Å². The van der Waals surface area contributed by atoms with Crippen LogP contribution in [-0.4, -0.2) is 18.2 Å². The van der Waals surface area contributed by atoms with Gasteiger partial charge in [0.15, 0.2) is 0 Å². The number of aromatic hydroxyl groups is 1. The van der Waals surface area contributed by atoms with Crippen LogP contribution in [0.2, 0.25) is 0 Å². The molecule has 0 atom stereocenters. The molecule has 0 spiro atoms. The first-order chi connectivity index (χ1) is 10.6. The molecule has 4 heteroatoms. The Bertz CT molecular complexity index is 803. The number of phenolic OH excluding ortho intramolecular Hbond substituents is 1. The lowest BCUT2D eigenvalue weighted by molar-refractivity contribution is 0.0597. The van der Waals surface area contributed by atoms with Crippen molar-refractivity contribution in [2.45, 2.75) is 19.3 Å². The summed E-state index contributed by atoms with van der Waals surface area (Å²) in [6.45, 7) is 0. The Morgan fingerprint density at radius 2 is 2.09 bits per heavy atom. The molecule has 0 radical (unpaired) electrons. The van der Waals surface area contributed by atoms with E-state index in [0.29, 0.717) is 5.56 Å². The Morgan fingerprint density at radius 1 is 1.27 bits per heavy atom. The van der Waals surface area contributed by atoms with E-state index in [9.17, 15) is 15.2 Å². The van der Waals surface area contributed by atoms with Crippen molar-refractivity contribution < 1.29 is 14.6 Å². The third-order valence-corrected chi connectivity index (χ3v) is 4.06. The lowest BCUT2D eigenvalue weighted by atomic mass is 9.93. The highest BCUT2D eigenvalue weighted by Crippen LogP contribution is 2.35. The summed E-state index contributed by atoms with van der Waals surface area (Å²) >= 11 is 0. The van der Waals surface area contributed by atoms with Gasteiger partial charge in [-0.25, -0.2) is 4.79 Å². The van der Waals surface area contributed by atoms with Gasteiger partial charge in [0.25, 0.3) is 0 Å². The van der Waals surface area contributed by atoms with E-state index in [1.807, 2.05) is 12.1 Å². The molecule has 22 heavy (non-hydrogen) atoms. The monoisotopic (exact) mass is 293 g/mol. The molecule has 0 unspecified atom stereocenters. The van der Waals surface area contributed by atoms with E-state index < -0.39 is 5.97 Å². The Balaban J connectivity index is 2.13. The van der Waals surface area contributed by atoms with Gasteiger partial charge in [-0.3, -0.25) is 0 Å². The van der Waals surface area contributed by atoms with Crippen LogP contribution in [0.3, 0.4) is 0 Å². The summed E-state index contributed by atoms with van der Waals surface area (Å²) in [6, 6.07) is 10.9. The van der Waals surface area contributed by atoms with Gasteiger partial charge in [-0.1, -0.05) is 6.07 Å². The molecule has 0 aromatic heterocycles. The number of ether oxygens (including phenoxy) is 1. The predicted molar refractivity (Wildman–Crippen MR) is 81.6 cm³/mol. The average molecular weight is 293 g/mol. The van der Waals surface area contributed by atoms with Crippen molar-refractivity contribution in [3.63, 3.8) is 0 Å². The lowest BCUT2D eigenvalue weighted by Gasteiger charge is -2.11. The molecule has 4 nitrogen and oxygen atoms in total. The fraction of sp³-hybridized carbons (Fsp3) is 0.222. The summed E-state index contributed by atoms with van der Waals surface area (Å²) in [5, 5.41) is 19.2. The largest absolute Gasteiger partial charge is 0.507 e. The number of hydrogen-bond donors (Lipinski definition) is 1. The van der Waals surface area contributed by atoms with Gasteiger partial charge in [0.05, 0.1) is 18.7 Å². The van der Waals surface area contributed by atoms with Crippen molar-refractivity contribution in [2.75, 3.05) is 7.11 Å². The van der Waals surface area contributed by atoms with Gasteiger partial charge < -0.3 is 9.84 Å². The highest BCUT2D eigenvalue weighted by molar-refractivity contribution is 5.93. The maximum Gasteiger partial charge on any atom is 0.341 e. The van der Waals surface area contributed by atoms with Crippen LogP contribution in [0.5, 0.6) is 5.75 Å². The fourth-order valence-electron chi connectivity index (χ4n) is 3.01. The van der Waals surface area contributed by atoms with Crippen LogP contribution in [0.1, 0.15) is 33.5 Å². The second kappa shape index (κ2) is 5.53. The minimum Gasteiger partial charge on any atom is -0.507 e. The second-order valence-corrected chi connectivity index (χ2v) is 5.35. The number of esters is 1. The van der Waals surface area contributed by atoms with Crippen molar-refractivity contribution >= 4 is 5.97 Å². The molecule has 1 N–H and O–H groups in total. The van der Waals surface area contributed by atoms with Crippen LogP contribution in [0.25, 0.3) is 11.1 Å². The van der Waals surface area contributed by atoms with Crippen molar-refractivity contribution in [1.29, 1.82) is 5.26 Å². The number of phenols is 1. The summed E-state index contributed by atoms with van der Waals surface area (Å²) < 4.78 is 4.63. The van der Waals surface area contributed by atoms with E-state index in [-0.39, 0.29) is 11.3 Å². The molecule has 0 heterocycles. The van der Waals surface area contributed by atoms with Gasteiger partial charge in [-0.05, 0) is 65.8 Å². The maximum absolute atomic E-state index is 11.5. The van der Waals surface area contributed by atoms with Gasteiger partial charge in [0.2, 0.25) is 0 Å². The highest BCUT2D eigenvalue weighted by Gasteiger charge is 2.19. The van der Waals surface area contributed by atoms with Crippen LogP contribution < -0.4 is 0 Å². The van der Waals surface area contributed by atoms with E-state index in [2.05, 4.69) is 10.8 Å².